The molecule has 0 spiro atoms. The highest BCUT2D eigenvalue weighted by atomic mass is 35.5. The van der Waals surface area contributed by atoms with Gasteiger partial charge in [0.15, 0.2) is 0 Å². The van der Waals surface area contributed by atoms with E-state index in [0.717, 1.165) is 12.1 Å². The third-order valence-corrected chi connectivity index (χ3v) is 4.90. The zero-order valence-corrected chi connectivity index (χ0v) is 14.4. The molecule has 128 valence electrons. The number of carbonyl (C=O) groups is 2. The van der Waals surface area contributed by atoms with Crippen molar-refractivity contribution in [3.63, 3.8) is 0 Å². The van der Waals surface area contributed by atoms with Crippen LogP contribution in [0, 0.1) is 5.92 Å². The molecule has 0 fully saturated rings. The van der Waals surface area contributed by atoms with E-state index in [4.69, 9.17) is 16.7 Å². The van der Waals surface area contributed by atoms with Crippen molar-refractivity contribution in [3.8, 4) is 0 Å². The quantitative estimate of drug-likeness (QED) is 0.716. The number of hydrogen-bond donors (Lipinski definition) is 2. The van der Waals surface area contributed by atoms with E-state index in [-0.39, 0.29) is 27.8 Å². The summed E-state index contributed by atoms with van der Waals surface area (Å²) in [6, 6.07) is 2.26. The van der Waals surface area contributed by atoms with Gasteiger partial charge in [0, 0.05) is 0 Å². The summed E-state index contributed by atoms with van der Waals surface area (Å²) in [5.74, 6) is -1.95. The van der Waals surface area contributed by atoms with E-state index in [1.165, 1.54) is 13.2 Å². The Labute approximate surface area is 139 Å². The van der Waals surface area contributed by atoms with Crippen LogP contribution in [-0.4, -0.2) is 38.6 Å². The first kappa shape index (κ1) is 19.4. The van der Waals surface area contributed by atoms with Crippen LogP contribution in [0.5, 0.6) is 0 Å². The Bertz CT molecular complexity index is 701. The molecule has 23 heavy (non-hydrogen) atoms. The molecule has 0 unspecified atom stereocenters. The number of ether oxygens (including phenoxy) is 1. The molecule has 1 aromatic rings. The Morgan fingerprint density at radius 2 is 1.96 bits per heavy atom. The molecule has 7 nitrogen and oxygen atoms in total. The van der Waals surface area contributed by atoms with Gasteiger partial charge in [-0.1, -0.05) is 25.4 Å². The standard InChI is InChI=1S/C14H18ClNO6S/c1-8(2)6-11(13(17)18)16-23(20,21)12-5-4-9(7-10(12)15)14(19)22-3/h4-5,7-8,11,16H,6H2,1-3H3,(H,17,18)/t11-/m1/s1. The first-order chi connectivity index (χ1) is 10.6. The number of nitrogens with one attached hydrogen (secondary N) is 1. The van der Waals surface area contributed by atoms with Crippen molar-refractivity contribution in [2.45, 2.75) is 31.2 Å². The van der Waals surface area contributed by atoms with Gasteiger partial charge in [0.25, 0.3) is 0 Å². The number of aliphatic carboxylic acids is 1. The molecular formula is C14H18ClNO6S. The fourth-order valence-corrected chi connectivity index (χ4v) is 3.63. The van der Waals surface area contributed by atoms with E-state index in [2.05, 4.69) is 9.46 Å². The van der Waals surface area contributed by atoms with Crippen LogP contribution in [0.15, 0.2) is 23.1 Å². The summed E-state index contributed by atoms with van der Waals surface area (Å²) in [7, 11) is -2.96. The zero-order valence-electron chi connectivity index (χ0n) is 12.9. The third-order valence-electron chi connectivity index (χ3n) is 2.95. The maximum atomic E-state index is 12.3. The number of rotatable bonds is 7. The maximum absolute atomic E-state index is 12.3. The first-order valence-electron chi connectivity index (χ1n) is 6.71. The molecular weight excluding hydrogens is 346 g/mol. The lowest BCUT2D eigenvalue weighted by molar-refractivity contribution is -0.139. The number of sulfonamides is 1. The topological polar surface area (TPSA) is 110 Å². The molecule has 0 heterocycles. The molecule has 1 aromatic carbocycles. The summed E-state index contributed by atoms with van der Waals surface area (Å²) in [5.41, 5.74) is 0.0911. The Hall–Kier alpha value is -1.64. The smallest absolute Gasteiger partial charge is 0.337 e. The monoisotopic (exact) mass is 363 g/mol. The molecule has 1 rings (SSSR count). The molecule has 0 amide bonds. The van der Waals surface area contributed by atoms with E-state index in [9.17, 15) is 18.0 Å². The van der Waals surface area contributed by atoms with E-state index >= 15 is 0 Å². The molecule has 0 radical (unpaired) electrons. The summed E-state index contributed by atoms with van der Waals surface area (Å²) in [4.78, 5) is 22.3. The molecule has 2 N–H and O–H groups in total. The van der Waals surface area contributed by atoms with Crippen LogP contribution in [-0.2, 0) is 19.6 Å². The highest BCUT2D eigenvalue weighted by molar-refractivity contribution is 7.89. The van der Waals surface area contributed by atoms with Gasteiger partial charge in [0.1, 0.15) is 10.9 Å². The minimum atomic E-state index is -4.14. The molecule has 9 heteroatoms. The average molecular weight is 364 g/mol. The van der Waals surface area contributed by atoms with Crippen LogP contribution in [0.4, 0.5) is 0 Å². The van der Waals surface area contributed by atoms with Crippen molar-refractivity contribution >= 4 is 33.6 Å². The van der Waals surface area contributed by atoms with E-state index in [1.807, 2.05) is 0 Å². The Kier molecular flexibility index (Phi) is 6.55. The van der Waals surface area contributed by atoms with Crippen molar-refractivity contribution in [2.24, 2.45) is 5.92 Å². The van der Waals surface area contributed by atoms with E-state index in [0.29, 0.717) is 0 Å². The highest BCUT2D eigenvalue weighted by Crippen LogP contribution is 2.23. The fourth-order valence-electron chi connectivity index (χ4n) is 1.89. The fraction of sp³-hybridized carbons (Fsp3) is 0.429. The summed E-state index contributed by atoms with van der Waals surface area (Å²) in [6.07, 6.45) is 0.131. The predicted molar refractivity (Wildman–Crippen MR) is 84.0 cm³/mol. The molecule has 0 aromatic heterocycles. The van der Waals surface area contributed by atoms with Crippen LogP contribution in [0.2, 0.25) is 5.02 Å². The Balaban J connectivity index is 3.13. The van der Waals surface area contributed by atoms with Crippen molar-refractivity contribution < 1.29 is 27.9 Å². The van der Waals surface area contributed by atoms with Gasteiger partial charge >= 0.3 is 11.9 Å². The lowest BCUT2D eigenvalue weighted by atomic mass is 10.1. The summed E-state index contributed by atoms with van der Waals surface area (Å²) >= 11 is 5.91. The minimum Gasteiger partial charge on any atom is -0.480 e. The average Bonchev–Trinajstić information content (AvgIpc) is 2.44. The number of carbonyl (C=O) groups excluding carboxylic acids is 1. The lowest BCUT2D eigenvalue weighted by Gasteiger charge is -2.17. The number of halogens is 1. The number of carboxylic acids is 1. The van der Waals surface area contributed by atoms with Crippen LogP contribution >= 0.6 is 11.6 Å². The molecule has 0 saturated carbocycles. The van der Waals surface area contributed by atoms with E-state index < -0.39 is 28.0 Å². The molecule has 0 aliphatic heterocycles. The summed E-state index contributed by atoms with van der Waals surface area (Å²) < 4.78 is 31.3. The normalized spacial score (nSPS) is 12.9. The van der Waals surface area contributed by atoms with Gasteiger partial charge in [0.05, 0.1) is 17.7 Å². The van der Waals surface area contributed by atoms with Gasteiger partial charge in [-0.2, -0.15) is 4.72 Å². The second kappa shape index (κ2) is 7.76. The van der Waals surface area contributed by atoms with Gasteiger partial charge in [-0.3, -0.25) is 4.79 Å². The Morgan fingerprint density at radius 1 is 1.35 bits per heavy atom. The molecule has 0 aliphatic rings. The second-order valence-corrected chi connectivity index (χ2v) is 7.37. The summed E-state index contributed by atoms with van der Waals surface area (Å²) in [6.45, 7) is 3.56. The van der Waals surface area contributed by atoms with Gasteiger partial charge < -0.3 is 9.84 Å². The minimum absolute atomic E-state index is 0.0176. The van der Waals surface area contributed by atoms with Gasteiger partial charge in [-0.15, -0.1) is 0 Å². The van der Waals surface area contributed by atoms with Crippen LogP contribution in [0.1, 0.15) is 30.6 Å². The SMILES string of the molecule is COC(=O)c1ccc(S(=O)(=O)N[C@H](CC(C)C)C(=O)O)c(Cl)c1. The molecule has 0 bridgehead atoms. The number of hydrogen-bond acceptors (Lipinski definition) is 5. The van der Waals surface area contributed by atoms with Crippen LogP contribution in [0.25, 0.3) is 0 Å². The number of esters is 1. The second-order valence-electron chi connectivity index (χ2n) is 5.28. The molecule has 1 atom stereocenters. The lowest BCUT2D eigenvalue weighted by Crippen LogP contribution is -2.41. The van der Waals surface area contributed by atoms with Gasteiger partial charge in [-0.05, 0) is 30.5 Å². The Morgan fingerprint density at radius 3 is 2.39 bits per heavy atom. The summed E-state index contributed by atoms with van der Waals surface area (Å²) in [5, 5.41) is 8.93. The third kappa shape index (κ3) is 5.19. The van der Waals surface area contributed by atoms with Crippen molar-refractivity contribution in [2.75, 3.05) is 7.11 Å². The number of methoxy groups -OCH3 is 1. The number of benzene rings is 1. The van der Waals surface area contributed by atoms with E-state index in [1.54, 1.807) is 13.8 Å². The van der Waals surface area contributed by atoms with Crippen molar-refractivity contribution in [1.82, 2.24) is 4.72 Å². The molecule has 0 saturated heterocycles. The molecule has 0 aliphatic carbocycles. The van der Waals surface area contributed by atoms with Gasteiger partial charge in [-0.25, -0.2) is 13.2 Å². The van der Waals surface area contributed by atoms with Crippen molar-refractivity contribution in [3.05, 3.63) is 28.8 Å². The first-order valence-corrected chi connectivity index (χ1v) is 8.57. The maximum Gasteiger partial charge on any atom is 0.337 e. The highest BCUT2D eigenvalue weighted by Gasteiger charge is 2.28. The number of carboxylic acid groups (broad SMARTS) is 1. The van der Waals surface area contributed by atoms with Gasteiger partial charge in [0.2, 0.25) is 10.0 Å². The van der Waals surface area contributed by atoms with Crippen LogP contribution in [0.3, 0.4) is 0 Å². The van der Waals surface area contributed by atoms with Crippen LogP contribution < -0.4 is 4.72 Å². The predicted octanol–water partition coefficient (Wildman–Crippen LogP) is 1.90. The van der Waals surface area contributed by atoms with Crippen molar-refractivity contribution in [1.29, 1.82) is 0 Å². The zero-order chi connectivity index (χ0) is 17.8. The largest absolute Gasteiger partial charge is 0.480 e.